The van der Waals surface area contributed by atoms with Crippen molar-refractivity contribution >= 4 is 11.8 Å². The summed E-state index contributed by atoms with van der Waals surface area (Å²) in [5, 5.41) is 11.5. The van der Waals surface area contributed by atoms with E-state index in [2.05, 4.69) is 0 Å². The number of Topliss-reactive ketones (excluding diaryl/α,β-unsaturated/α-hetero) is 1. The number of carbonyl (C=O) groups is 2. The first-order valence-electron chi connectivity index (χ1n) is 7.31. The molecule has 7 heteroatoms. The zero-order chi connectivity index (χ0) is 16.8. The number of ether oxygens (including phenoxy) is 3. The maximum Gasteiger partial charge on any atom is 0.226 e. The molecule has 0 rings (SSSR count). The van der Waals surface area contributed by atoms with Gasteiger partial charge in [0.15, 0.2) is 5.60 Å². The number of carboxylic acid groups (broad SMARTS) is 1. The first-order valence-corrected chi connectivity index (χ1v) is 7.31. The van der Waals surface area contributed by atoms with Crippen molar-refractivity contribution in [3.05, 3.63) is 0 Å². The minimum Gasteiger partial charge on any atom is -0.546 e. The second kappa shape index (κ2) is 10.5. The van der Waals surface area contributed by atoms with E-state index in [4.69, 9.17) is 14.2 Å². The van der Waals surface area contributed by atoms with Crippen molar-refractivity contribution in [3.8, 4) is 0 Å². The van der Waals surface area contributed by atoms with E-state index >= 15 is 0 Å². The Balaban J connectivity index is 0. The van der Waals surface area contributed by atoms with Crippen LogP contribution in [-0.2, 0) is 45.5 Å². The number of carbonyl (C=O) groups excluding carboxylic acids is 2. The molecule has 0 heterocycles. The summed E-state index contributed by atoms with van der Waals surface area (Å²) in [5.41, 5.74) is -2.07. The molecule has 0 saturated carbocycles. The Bertz CT molecular complexity index is 346. The molecular formula is C15H27O6Ti-. The van der Waals surface area contributed by atoms with E-state index in [0.29, 0.717) is 0 Å². The summed E-state index contributed by atoms with van der Waals surface area (Å²) in [4.78, 5) is 24.2. The van der Waals surface area contributed by atoms with Crippen LogP contribution in [0, 0.1) is 0 Å². The van der Waals surface area contributed by atoms with Gasteiger partial charge in [0.05, 0.1) is 24.3 Å². The van der Waals surface area contributed by atoms with Gasteiger partial charge in [0, 0.05) is 21.7 Å². The van der Waals surface area contributed by atoms with Crippen molar-refractivity contribution in [2.24, 2.45) is 0 Å². The van der Waals surface area contributed by atoms with E-state index in [0.717, 1.165) is 0 Å². The van der Waals surface area contributed by atoms with Gasteiger partial charge >= 0.3 is 0 Å². The third-order valence-corrected chi connectivity index (χ3v) is 2.67. The average Bonchev–Trinajstić information content (AvgIpc) is 2.32. The fourth-order valence-electron chi connectivity index (χ4n) is 1.85. The zero-order valence-electron chi connectivity index (χ0n) is 14.5. The maximum absolute atomic E-state index is 12.6. The topological polar surface area (TPSA) is 84.9 Å². The number of aliphatic carboxylic acids is 1. The minimum atomic E-state index is -2.07. The summed E-state index contributed by atoms with van der Waals surface area (Å²) in [6.45, 7) is 11.8. The molecule has 0 saturated heterocycles. The smallest absolute Gasteiger partial charge is 0.226 e. The third-order valence-electron chi connectivity index (χ3n) is 2.67. The monoisotopic (exact) mass is 351 g/mol. The van der Waals surface area contributed by atoms with Crippen molar-refractivity contribution in [2.45, 2.75) is 85.1 Å². The van der Waals surface area contributed by atoms with Crippen LogP contribution in [0.3, 0.4) is 0 Å². The predicted octanol–water partition coefficient (Wildman–Crippen LogP) is 1.05. The Morgan fingerprint density at radius 2 is 1.36 bits per heavy atom. The average molecular weight is 351 g/mol. The van der Waals surface area contributed by atoms with Gasteiger partial charge in [-0.3, -0.25) is 4.79 Å². The van der Waals surface area contributed by atoms with Crippen LogP contribution in [0.25, 0.3) is 0 Å². The van der Waals surface area contributed by atoms with E-state index in [1.807, 2.05) is 0 Å². The van der Waals surface area contributed by atoms with E-state index in [-0.39, 0.29) is 40.3 Å². The second-order valence-electron chi connectivity index (χ2n) is 5.70. The number of ketones is 1. The molecule has 128 valence electrons. The molecule has 0 aliphatic heterocycles. The molecule has 0 bridgehead atoms. The van der Waals surface area contributed by atoms with Gasteiger partial charge in [0.25, 0.3) is 0 Å². The van der Waals surface area contributed by atoms with Crippen molar-refractivity contribution in [1.29, 1.82) is 0 Å². The van der Waals surface area contributed by atoms with Crippen LogP contribution < -0.4 is 5.11 Å². The molecule has 0 aromatic rings. The Hall–Kier alpha value is -0.266. The van der Waals surface area contributed by atoms with Crippen LogP contribution in [0.5, 0.6) is 0 Å². The summed E-state index contributed by atoms with van der Waals surface area (Å²) in [6.07, 6.45) is -2.42. The molecule has 1 unspecified atom stereocenters. The standard InChI is InChI=1S/C15H28O6.Ti/c1-8-15(14(17)18,21-11(6)7)12(16)13(19-9(2)3)20-10(4)5;/h9-11,13H,8H2,1-7H3,(H,17,18);/p-1. The van der Waals surface area contributed by atoms with Gasteiger partial charge in [-0.1, -0.05) is 6.92 Å². The number of carboxylic acids is 1. The first-order chi connectivity index (χ1) is 9.56. The van der Waals surface area contributed by atoms with Crippen molar-refractivity contribution < 1.29 is 50.6 Å². The summed E-state index contributed by atoms with van der Waals surface area (Å²) >= 11 is 0. The molecule has 0 N–H and O–H groups in total. The molecule has 1 atom stereocenters. The van der Waals surface area contributed by atoms with Crippen molar-refractivity contribution in [3.63, 3.8) is 0 Å². The van der Waals surface area contributed by atoms with Crippen LogP contribution in [0.4, 0.5) is 0 Å². The fourth-order valence-corrected chi connectivity index (χ4v) is 1.85. The van der Waals surface area contributed by atoms with E-state index in [1.165, 1.54) is 0 Å². The summed E-state index contributed by atoms with van der Waals surface area (Å²) in [7, 11) is 0. The predicted molar refractivity (Wildman–Crippen MR) is 75.5 cm³/mol. The van der Waals surface area contributed by atoms with Crippen LogP contribution in [0.2, 0.25) is 0 Å². The Kier molecular flexibility index (Phi) is 11.4. The molecule has 0 amide bonds. The third kappa shape index (κ3) is 6.88. The largest absolute Gasteiger partial charge is 0.546 e. The fraction of sp³-hybridized carbons (Fsp3) is 0.867. The normalized spacial score (nSPS) is 14.3. The number of hydrogen-bond donors (Lipinski definition) is 0. The van der Waals surface area contributed by atoms with Crippen molar-refractivity contribution in [1.82, 2.24) is 0 Å². The zero-order valence-corrected chi connectivity index (χ0v) is 16.0. The SMILES string of the molecule is CCC(OC(C)C)(C(=O)[O-])C(=O)C(OC(C)C)OC(C)C.[Ti]. The van der Waals surface area contributed by atoms with Gasteiger partial charge < -0.3 is 24.1 Å². The molecule has 0 aliphatic carbocycles. The molecule has 6 nitrogen and oxygen atoms in total. The maximum atomic E-state index is 12.6. The van der Waals surface area contributed by atoms with E-state index in [9.17, 15) is 14.7 Å². The van der Waals surface area contributed by atoms with Gasteiger partial charge in [-0.2, -0.15) is 0 Å². The minimum absolute atomic E-state index is 0. The van der Waals surface area contributed by atoms with E-state index < -0.39 is 29.7 Å². The number of rotatable bonds is 10. The number of hydrogen-bond acceptors (Lipinski definition) is 6. The quantitative estimate of drug-likeness (QED) is 0.332. The van der Waals surface area contributed by atoms with Crippen LogP contribution >= 0.6 is 0 Å². The molecule has 0 aliphatic rings. The Morgan fingerprint density at radius 1 is 0.955 bits per heavy atom. The molecule has 0 radical (unpaired) electrons. The summed E-state index contributed by atoms with van der Waals surface area (Å²) in [6, 6.07) is 0. The summed E-state index contributed by atoms with van der Waals surface area (Å²) in [5.74, 6) is -2.35. The van der Waals surface area contributed by atoms with Crippen LogP contribution in [0.15, 0.2) is 0 Å². The van der Waals surface area contributed by atoms with Gasteiger partial charge in [0.1, 0.15) is 0 Å². The van der Waals surface area contributed by atoms with E-state index in [1.54, 1.807) is 48.5 Å². The van der Waals surface area contributed by atoms with Crippen molar-refractivity contribution in [2.75, 3.05) is 0 Å². The molecule has 22 heavy (non-hydrogen) atoms. The first kappa shape index (κ1) is 24.0. The second-order valence-corrected chi connectivity index (χ2v) is 5.70. The Labute approximate surface area is 147 Å². The van der Waals surface area contributed by atoms with Crippen LogP contribution in [-0.4, -0.2) is 42.0 Å². The molecule has 0 aromatic heterocycles. The van der Waals surface area contributed by atoms with Gasteiger partial charge in [0.2, 0.25) is 12.1 Å². The van der Waals surface area contributed by atoms with Gasteiger partial charge in [-0.05, 0) is 48.0 Å². The molecular weight excluding hydrogens is 324 g/mol. The van der Waals surface area contributed by atoms with Gasteiger partial charge in [-0.25, -0.2) is 0 Å². The molecule has 0 fully saturated rings. The summed E-state index contributed by atoms with van der Waals surface area (Å²) < 4.78 is 16.2. The van der Waals surface area contributed by atoms with Gasteiger partial charge in [-0.15, -0.1) is 0 Å². The molecule has 0 aromatic carbocycles. The Morgan fingerprint density at radius 3 is 1.59 bits per heavy atom. The molecule has 0 spiro atoms. The van der Waals surface area contributed by atoms with Crippen LogP contribution in [0.1, 0.15) is 54.9 Å².